The third kappa shape index (κ3) is 1.83. The Morgan fingerprint density at radius 1 is 1.40 bits per heavy atom. The summed E-state index contributed by atoms with van der Waals surface area (Å²) in [4.78, 5) is 0. The third-order valence-corrected chi connectivity index (χ3v) is 2.26. The first-order chi connectivity index (χ1) is 7.20. The molecule has 0 amide bonds. The number of nitrogens with zero attached hydrogens (tertiary/aromatic N) is 1. The fraction of sp³-hybridized carbons (Fsp3) is 0.182. The first kappa shape index (κ1) is 9.71. The fourth-order valence-electron chi connectivity index (χ4n) is 1.44. The predicted octanol–water partition coefficient (Wildman–Crippen LogP) is 2.70. The molecule has 0 saturated carbocycles. The van der Waals surface area contributed by atoms with Crippen LogP contribution in [0.15, 0.2) is 28.8 Å². The van der Waals surface area contributed by atoms with Crippen LogP contribution in [0.25, 0.3) is 11.3 Å². The number of halogens is 1. The lowest BCUT2D eigenvalue weighted by Crippen LogP contribution is -1.86. The van der Waals surface area contributed by atoms with Gasteiger partial charge in [-0.3, -0.25) is 0 Å². The van der Waals surface area contributed by atoms with Crippen molar-refractivity contribution in [1.82, 2.24) is 5.16 Å². The zero-order valence-corrected chi connectivity index (χ0v) is 8.33. The Hall–Kier alpha value is -1.84. The summed E-state index contributed by atoms with van der Waals surface area (Å²) in [6.45, 7) is 1.45. The van der Waals surface area contributed by atoms with E-state index in [4.69, 9.17) is 10.3 Å². The molecule has 0 fully saturated rings. The first-order valence-corrected chi connectivity index (χ1v) is 4.59. The van der Waals surface area contributed by atoms with E-state index in [1.807, 2.05) is 13.0 Å². The molecule has 0 bridgehead atoms. The van der Waals surface area contributed by atoms with Gasteiger partial charge in [0.25, 0.3) is 0 Å². The maximum Gasteiger partial charge on any atom is 0.222 e. The molecule has 2 aromatic rings. The minimum Gasteiger partial charge on any atom is -0.368 e. The highest BCUT2D eigenvalue weighted by atomic mass is 19.1. The fourth-order valence-corrected chi connectivity index (χ4v) is 1.44. The number of nitrogens with two attached hydrogens (primary N) is 1. The highest BCUT2D eigenvalue weighted by Gasteiger charge is 2.08. The van der Waals surface area contributed by atoms with Gasteiger partial charge in [-0.05, 0) is 24.1 Å². The van der Waals surface area contributed by atoms with E-state index in [0.717, 1.165) is 11.1 Å². The average Bonchev–Trinajstić information content (AvgIpc) is 2.65. The number of benzene rings is 1. The third-order valence-electron chi connectivity index (χ3n) is 2.26. The topological polar surface area (TPSA) is 52.0 Å². The molecular weight excluding hydrogens is 195 g/mol. The highest BCUT2D eigenvalue weighted by molar-refractivity contribution is 5.65. The van der Waals surface area contributed by atoms with Crippen LogP contribution in [0.2, 0.25) is 0 Å². The van der Waals surface area contributed by atoms with Crippen LogP contribution in [0.1, 0.15) is 11.1 Å². The van der Waals surface area contributed by atoms with Crippen LogP contribution in [-0.2, 0) is 6.67 Å². The lowest BCUT2D eigenvalue weighted by atomic mass is 10.0. The molecule has 0 radical (unpaired) electrons. The van der Waals surface area contributed by atoms with Crippen molar-refractivity contribution in [3.8, 4) is 11.3 Å². The Labute approximate surface area is 86.7 Å². The largest absolute Gasteiger partial charge is 0.368 e. The van der Waals surface area contributed by atoms with Crippen LogP contribution < -0.4 is 5.73 Å². The van der Waals surface area contributed by atoms with E-state index in [-0.39, 0.29) is 5.88 Å². The Bertz CT molecular complexity index is 479. The van der Waals surface area contributed by atoms with Crippen molar-refractivity contribution in [2.24, 2.45) is 0 Å². The molecule has 0 aliphatic rings. The number of aromatic nitrogens is 1. The number of hydrogen-bond donors (Lipinski definition) is 1. The summed E-state index contributed by atoms with van der Waals surface area (Å²) in [5, 5.41) is 3.80. The highest BCUT2D eigenvalue weighted by Crippen LogP contribution is 2.25. The van der Waals surface area contributed by atoms with Gasteiger partial charge < -0.3 is 10.3 Å². The summed E-state index contributed by atoms with van der Waals surface area (Å²) in [5.41, 5.74) is 8.56. The number of anilines is 1. The average molecular weight is 206 g/mol. The number of hydrogen-bond acceptors (Lipinski definition) is 3. The molecule has 1 aromatic carbocycles. The molecule has 2 N–H and O–H groups in total. The lowest BCUT2D eigenvalue weighted by Gasteiger charge is -2.03. The van der Waals surface area contributed by atoms with Gasteiger partial charge in [0.1, 0.15) is 12.4 Å². The van der Waals surface area contributed by atoms with Crippen LogP contribution in [0.4, 0.5) is 10.3 Å². The molecule has 0 aliphatic heterocycles. The van der Waals surface area contributed by atoms with Gasteiger partial charge in [-0.25, -0.2) is 4.39 Å². The monoisotopic (exact) mass is 206 g/mol. The molecule has 0 unspecified atom stereocenters. The molecular formula is C11H11FN2O. The molecule has 0 saturated heterocycles. The van der Waals surface area contributed by atoms with Crippen molar-refractivity contribution in [3.05, 3.63) is 35.4 Å². The van der Waals surface area contributed by atoms with E-state index >= 15 is 0 Å². The van der Waals surface area contributed by atoms with Crippen LogP contribution in [-0.4, -0.2) is 5.16 Å². The first-order valence-electron chi connectivity index (χ1n) is 4.59. The standard InChI is InChI=1S/C11H11FN2O/c1-7-2-3-8(6-12)4-9(7)10-5-11(13)15-14-10/h2-5H,6,13H2,1H3. The molecule has 4 heteroatoms. The zero-order chi connectivity index (χ0) is 10.8. The Kier molecular flexibility index (Phi) is 2.41. The second-order valence-corrected chi connectivity index (χ2v) is 3.40. The number of aryl methyl sites for hydroxylation is 1. The van der Waals surface area contributed by atoms with Gasteiger partial charge in [-0.1, -0.05) is 17.3 Å². The van der Waals surface area contributed by atoms with Gasteiger partial charge >= 0.3 is 0 Å². The smallest absolute Gasteiger partial charge is 0.222 e. The van der Waals surface area contributed by atoms with Crippen LogP contribution in [0.3, 0.4) is 0 Å². The second-order valence-electron chi connectivity index (χ2n) is 3.40. The number of alkyl halides is 1. The van der Waals surface area contributed by atoms with Crippen LogP contribution >= 0.6 is 0 Å². The summed E-state index contributed by atoms with van der Waals surface area (Å²) >= 11 is 0. The quantitative estimate of drug-likeness (QED) is 0.821. The SMILES string of the molecule is Cc1ccc(CF)cc1-c1cc(N)on1. The van der Waals surface area contributed by atoms with Crippen molar-refractivity contribution in [3.63, 3.8) is 0 Å². The van der Waals surface area contributed by atoms with Gasteiger partial charge in [-0.15, -0.1) is 0 Å². The molecule has 3 nitrogen and oxygen atoms in total. The van der Waals surface area contributed by atoms with Crippen molar-refractivity contribution in [2.75, 3.05) is 5.73 Å². The molecule has 2 rings (SSSR count). The molecule has 0 atom stereocenters. The van der Waals surface area contributed by atoms with Gasteiger partial charge in [0.05, 0.1) is 0 Å². The van der Waals surface area contributed by atoms with E-state index in [1.54, 1.807) is 18.2 Å². The van der Waals surface area contributed by atoms with E-state index in [2.05, 4.69) is 5.16 Å². The van der Waals surface area contributed by atoms with Crippen LogP contribution in [0.5, 0.6) is 0 Å². The van der Waals surface area contributed by atoms with E-state index in [1.165, 1.54) is 0 Å². The van der Waals surface area contributed by atoms with Gasteiger partial charge in [0, 0.05) is 11.6 Å². The Morgan fingerprint density at radius 2 is 2.20 bits per heavy atom. The Morgan fingerprint density at radius 3 is 2.80 bits per heavy atom. The van der Waals surface area contributed by atoms with Crippen LogP contribution in [0, 0.1) is 6.92 Å². The van der Waals surface area contributed by atoms with Crippen molar-refractivity contribution in [2.45, 2.75) is 13.6 Å². The van der Waals surface area contributed by atoms with E-state index in [9.17, 15) is 4.39 Å². The summed E-state index contributed by atoms with van der Waals surface area (Å²) in [7, 11) is 0. The predicted molar refractivity (Wildman–Crippen MR) is 55.9 cm³/mol. The molecule has 1 heterocycles. The number of nitrogen functional groups attached to an aromatic ring is 1. The zero-order valence-electron chi connectivity index (χ0n) is 8.33. The molecule has 0 aliphatic carbocycles. The van der Waals surface area contributed by atoms with Crippen molar-refractivity contribution in [1.29, 1.82) is 0 Å². The minimum absolute atomic E-state index is 0.259. The van der Waals surface area contributed by atoms with Crippen molar-refractivity contribution < 1.29 is 8.91 Å². The van der Waals surface area contributed by atoms with E-state index < -0.39 is 6.67 Å². The second kappa shape index (κ2) is 3.73. The molecule has 15 heavy (non-hydrogen) atoms. The number of rotatable bonds is 2. The maximum atomic E-state index is 12.5. The lowest BCUT2D eigenvalue weighted by molar-refractivity contribution is 0.439. The van der Waals surface area contributed by atoms with Gasteiger partial charge in [-0.2, -0.15) is 0 Å². The molecule has 1 aromatic heterocycles. The summed E-state index contributed by atoms with van der Waals surface area (Å²) in [6, 6.07) is 6.99. The van der Waals surface area contributed by atoms with E-state index in [0.29, 0.717) is 11.3 Å². The molecule has 78 valence electrons. The normalized spacial score (nSPS) is 10.5. The summed E-state index contributed by atoms with van der Waals surface area (Å²) < 4.78 is 17.3. The van der Waals surface area contributed by atoms with Gasteiger partial charge in [0.15, 0.2) is 0 Å². The molecule has 0 spiro atoms. The maximum absolute atomic E-state index is 12.5. The summed E-state index contributed by atoms with van der Waals surface area (Å²) in [6.07, 6.45) is 0. The Balaban J connectivity index is 2.51. The van der Waals surface area contributed by atoms with Gasteiger partial charge in [0.2, 0.25) is 5.88 Å². The minimum atomic E-state index is -0.486. The van der Waals surface area contributed by atoms with Crippen molar-refractivity contribution >= 4 is 5.88 Å². The summed E-state index contributed by atoms with van der Waals surface area (Å²) in [5.74, 6) is 0.259.